The molecule has 0 fully saturated rings. The van der Waals surface area contributed by atoms with Gasteiger partial charge < -0.3 is 5.32 Å². The molecule has 6 nitrogen and oxygen atoms in total. The van der Waals surface area contributed by atoms with Crippen molar-refractivity contribution >= 4 is 34.4 Å². The highest BCUT2D eigenvalue weighted by Crippen LogP contribution is 2.22. The van der Waals surface area contributed by atoms with Crippen molar-refractivity contribution in [3.8, 4) is 0 Å². The van der Waals surface area contributed by atoms with Crippen molar-refractivity contribution in [1.29, 1.82) is 0 Å². The second kappa shape index (κ2) is 7.37. The number of rotatable bonds is 5. The molecule has 3 N–H and O–H groups in total. The van der Waals surface area contributed by atoms with Gasteiger partial charge >= 0.3 is 0 Å². The van der Waals surface area contributed by atoms with Crippen LogP contribution in [-0.4, -0.2) is 10.0 Å². The molecule has 22 heavy (non-hydrogen) atoms. The highest BCUT2D eigenvalue weighted by Gasteiger charge is 2.11. The number of nitrogens with zero attached hydrogens (tertiary/aromatic N) is 1. The normalized spacial score (nSPS) is 9.86. The van der Waals surface area contributed by atoms with E-state index in [9.17, 15) is 10.1 Å². The lowest BCUT2D eigenvalue weighted by Crippen LogP contribution is -2.33. The number of aryl methyl sites for hydroxylation is 1. The van der Waals surface area contributed by atoms with E-state index in [4.69, 9.17) is 12.2 Å². The Balaban J connectivity index is 1.97. The van der Waals surface area contributed by atoms with Crippen molar-refractivity contribution in [2.75, 3.05) is 10.7 Å². The number of hydrogen-bond acceptors (Lipinski definition) is 4. The van der Waals surface area contributed by atoms with Crippen molar-refractivity contribution < 1.29 is 4.92 Å². The van der Waals surface area contributed by atoms with Crippen LogP contribution >= 0.6 is 12.2 Å². The lowest BCUT2D eigenvalue weighted by Gasteiger charge is -2.13. The zero-order valence-corrected chi connectivity index (χ0v) is 12.8. The Kier molecular flexibility index (Phi) is 5.26. The van der Waals surface area contributed by atoms with Gasteiger partial charge in [0.05, 0.1) is 4.92 Å². The maximum atomic E-state index is 10.9. The second-order valence-corrected chi connectivity index (χ2v) is 4.94. The fourth-order valence-corrected chi connectivity index (χ4v) is 2.06. The number of hydrazine groups is 1. The maximum Gasteiger partial charge on any atom is 0.294 e. The first kappa shape index (κ1) is 15.7. The van der Waals surface area contributed by atoms with E-state index in [-0.39, 0.29) is 5.69 Å². The summed E-state index contributed by atoms with van der Waals surface area (Å²) in [5.41, 5.74) is 7.87. The zero-order valence-electron chi connectivity index (χ0n) is 12.0. The molecule has 0 spiro atoms. The van der Waals surface area contributed by atoms with Crippen LogP contribution in [0.25, 0.3) is 0 Å². The Morgan fingerprint density at radius 1 is 1.23 bits per heavy atom. The number of nitro benzene ring substituents is 1. The Morgan fingerprint density at radius 2 is 2.00 bits per heavy atom. The van der Waals surface area contributed by atoms with Crippen LogP contribution in [0, 0.1) is 10.1 Å². The summed E-state index contributed by atoms with van der Waals surface area (Å²) in [4.78, 5) is 10.5. The number of anilines is 2. The highest BCUT2D eigenvalue weighted by atomic mass is 32.1. The SMILES string of the molecule is CCc1cccc(NC(=S)NNc2ccccc2[N+](=O)[O-])c1. The summed E-state index contributed by atoms with van der Waals surface area (Å²) in [5.74, 6) is 0. The molecule has 7 heteroatoms. The van der Waals surface area contributed by atoms with Gasteiger partial charge in [0.15, 0.2) is 5.11 Å². The Morgan fingerprint density at radius 3 is 2.73 bits per heavy atom. The van der Waals surface area contributed by atoms with E-state index in [0.717, 1.165) is 12.1 Å². The molecule has 0 bridgehead atoms. The molecule has 0 unspecified atom stereocenters. The molecule has 0 saturated heterocycles. The molecule has 0 aliphatic heterocycles. The van der Waals surface area contributed by atoms with Crippen LogP contribution in [0.3, 0.4) is 0 Å². The van der Waals surface area contributed by atoms with E-state index in [1.807, 2.05) is 24.3 Å². The third kappa shape index (κ3) is 4.16. The molecule has 0 heterocycles. The Bertz CT molecular complexity index is 691. The fourth-order valence-electron chi connectivity index (χ4n) is 1.89. The summed E-state index contributed by atoms with van der Waals surface area (Å²) >= 11 is 5.17. The first-order valence-electron chi connectivity index (χ1n) is 6.75. The standard InChI is InChI=1S/C15H16N4O2S/c1-2-11-6-5-7-12(10-11)16-15(22)18-17-13-8-3-4-9-14(13)19(20)21/h3-10,17H,2H2,1H3,(H2,16,18,22). The molecule has 0 radical (unpaired) electrons. The van der Waals surface area contributed by atoms with Crippen LogP contribution in [0.4, 0.5) is 17.1 Å². The minimum atomic E-state index is -0.453. The number of nitro groups is 1. The third-order valence-electron chi connectivity index (χ3n) is 3.00. The van der Waals surface area contributed by atoms with Crippen LogP contribution in [0.15, 0.2) is 48.5 Å². The largest absolute Gasteiger partial charge is 0.331 e. The smallest absolute Gasteiger partial charge is 0.294 e. The number of thiocarbonyl (C=S) groups is 1. The van der Waals surface area contributed by atoms with Gasteiger partial charge in [-0.25, -0.2) is 0 Å². The average Bonchev–Trinajstić information content (AvgIpc) is 2.53. The summed E-state index contributed by atoms with van der Waals surface area (Å²) in [6, 6.07) is 14.2. The first-order valence-corrected chi connectivity index (χ1v) is 7.16. The van der Waals surface area contributed by atoms with E-state index in [1.54, 1.807) is 18.2 Å². The predicted octanol–water partition coefficient (Wildman–Crippen LogP) is 3.47. The molecule has 2 aromatic rings. The van der Waals surface area contributed by atoms with Crippen molar-refractivity contribution in [2.24, 2.45) is 0 Å². The van der Waals surface area contributed by atoms with E-state index in [0.29, 0.717) is 10.8 Å². The molecule has 0 saturated carbocycles. The average molecular weight is 316 g/mol. The van der Waals surface area contributed by atoms with E-state index >= 15 is 0 Å². The third-order valence-corrected chi connectivity index (χ3v) is 3.21. The van der Waals surface area contributed by atoms with Gasteiger partial charge in [0.25, 0.3) is 5.69 Å². The van der Waals surface area contributed by atoms with Crippen LogP contribution in [-0.2, 0) is 6.42 Å². The Hall–Kier alpha value is -2.67. The molecule has 0 atom stereocenters. The van der Waals surface area contributed by atoms with Crippen LogP contribution in [0.5, 0.6) is 0 Å². The van der Waals surface area contributed by atoms with E-state index in [1.165, 1.54) is 11.6 Å². The van der Waals surface area contributed by atoms with Gasteiger partial charge in [-0.2, -0.15) is 0 Å². The number of nitrogens with one attached hydrogen (secondary N) is 3. The number of benzene rings is 2. The van der Waals surface area contributed by atoms with E-state index in [2.05, 4.69) is 23.1 Å². The number of para-hydroxylation sites is 2. The van der Waals surface area contributed by atoms with Gasteiger partial charge in [0.2, 0.25) is 0 Å². The first-order chi connectivity index (χ1) is 10.6. The van der Waals surface area contributed by atoms with Crippen molar-refractivity contribution in [2.45, 2.75) is 13.3 Å². The van der Waals surface area contributed by atoms with Gasteiger partial charge in [-0.15, -0.1) is 0 Å². The van der Waals surface area contributed by atoms with Gasteiger partial charge in [0, 0.05) is 11.8 Å². The zero-order chi connectivity index (χ0) is 15.9. The molecule has 2 rings (SSSR count). The van der Waals surface area contributed by atoms with Crippen LogP contribution in [0.2, 0.25) is 0 Å². The summed E-state index contributed by atoms with van der Waals surface area (Å²) < 4.78 is 0. The summed E-state index contributed by atoms with van der Waals surface area (Å²) in [6.45, 7) is 2.08. The molecular weight excluding hydrogens is 300 g/mol. The summed E-state index contributed by atoms with van der Waals surface area (Å²) in [6.07, 6.45) is 0.935. The van der Waals surface area contributed by atoms with Crippen molar-refractivity contribution in [3.63, 3.8) is 0 Å². The molecular formula is C15H16N4O2S. The fraction of sp³-hybridized carbons (Fsp3) is 0.133. The van der Waals surface area contributed by atoms with Crippen molar-refractivity contribution in [1.82, 2.24) is 5.43 Å². The minimum Gasteiger partial charge on any atom is -0.331 e. The predicted molar refractivity (Wildman–Crippen MR) is 91.9 cm³/mol. The van der Waals surface area contributed by atoms with Gasteiger partial charge in [0.1, 0.15) is 5.69 Å². The highest BCUT2D eigenvalue weighted by molar-refractivity contribution is 7.80. The Labute approximate surface area is 133 Å². The van der Waals surface area contributed by atoms with Gasteiger partial charge in [-0.3, -0.25) is 21.0 Å². The monoisotopic (exact) mass is 316 g/mol. The minimum absolute atomic E-state index is 0.0224. The molecule has 0 amide bonds. The lowest BCUT2D eigenvalue weighted by atomic mass is 10.1. The molecule has 114 valence electrons. The van der Waals surface area contributed by atoms with Crippen molar-refractivity contribution in [3.05, 3.63) is 64.2 Å². The summed E-state index contributed by atoms with van der Waals surface area (Å²) in [5, 5.41) is 14.3. The molecule has 2 aromatic carbocycles. The summed E-state index contributed by atoms with van der Waals surface area (Å²) in [7, 11) is 0. The molecule has 0 aliphatic carbocycles. The maximum absolute atomic E-state index is 10.9. The van der Waals surface area contributed by atoms with Crippen LogP contribution < -0.4 is 16.2 Å². The second-order valence-electron chi connectivity index (χ2n) is 4.53. The van der Waals surface area contributed by atoms with Gasteiger partial charge in [-0.1, -0.05) is 31.2 Å². The van der Waals surface area contributed by atoms with Crippen LogP contribution in [0.1, 0.15) is 12.5 Å². The number of hydrogen-bond donors (Lipinski definition) is 3. The van der Waals surface area contributed by atoms with E-state index < -0.39 is 4.92 Å². The topological polar surface area (TPSA) is 79.2 Å². The molecule has 0 aromatic heterocycles. The molecule has 0 aliphatic rings. The lowest BCUT2D eigenvalue weighted by molar-refractivity contribution is -0.384. The quantitative estimate of drug-likeness (QED) is 0.445. The van der Waals surface area contributed by atoms with Gasteiger partial charge in [-0.05, 0) is 42.4 Å².